The number of hydrogen-bond donors (Lipinski definition) is 0. The van der Waals surface area contributed by atoms with Crippen LogP contribution in [0.4, 0.5) is 12.9 Å². The average Bonchev–Trinajstić information content (AvgIpc) is 1.78. The van der Waals surface area contributed by atoms with E-state index in [0.717, 1.165) is 0 Å². The van der Waals surface area contributed by atoms with Crippen molar-refractivity contribution < 1.29 is 64.3 Å². The molecule has 0 aromatic carbocycles. The number of hydrogen-bond acceptors (Lipinski definition) is 0. The molecule has 0 saturated heterocycles. The van der Waals surface area contributed by atoms with Crippen molar-refractivity contribution in [1.82, 2.24) is 0 Å². The minimum absolute atomic E-state index is 0. The van der Waals surface area contributed by atoms with Gasteiger partial charge in [0.05, 0.1) is 0 Å². The van der Waals surface area contributed by atoms with E-state index < -0.39 is 6.98 Å². The topological polar surface area (TPSA) is 0 Å². The maximum absolute atomic E-state index is 11.3. The summed E-state index contributed by atoms with van der Waals surface area (Å²) in [4.78, 5) is 0. The number of unbranched alkanes of at least 4 members (excludes halogenated alkanes) is 1. The fourth-order valence-electron chi connectivity index (χ4n) is 0.343. The Morgan fingerprint density at radius 3 is 2.18 bits per heavy atom. The van der Waals surface area contributed by atoms with Gasteiger partial charge in [-0.1, -0.05) is 0 Å². The summed E-state index contributed by atoms with van der Waals surface area (Å²) in [6.07, 6.45) is 0.742. The summed E-state index contributed by atoms with van der Waals surface area (Å²) >= 11 is 5.21. The molecule has 0 aliphatic heterocycles. The zero-order valence-corrected chi connectivity index (χ0v) is 10.1. The van der Waals surface area contributed by atoms with Crippen molar-refractivity contribution in [3.63, 3.8) is 0 Å². The molecule has 0 rings (SSSR count). The first kappa shape index (κ1) is 14.8. The Morgan fingerprint density at radius 2 is 1.82 bits per heavy atom. The van der Waals surface area contributed by atoms with Crippen LogP contribution in [-0.2, 0) is 0 Å². The van der Waals surface area contributed by atoms with E-state index in [-0.39, 0.29) is 57.8 Å². The fraction of sp³-hybridized carbons (Fsp3) is 0.600. The minimum atomic E-state index is -4.92. The fourth-order valence-corrected chi connectivity index (χ4v) is 0.477. The van der Waals surface area contributed by atoms with Crippen LogP contribution in [0.15, 0.2) is 0 Å². The molecule has 0 bridgehead atoms. The molecular weight excluding hydrogens is 202 g/mol. The van der Waals surface area contributed by atoms with E-state index in [1.807, 2.05) is 5.92 Å². The van der Waals surface area contributed by atoms with Crippen LogP contribution in [0.2, 0.25) is 0 Å². The van der Waals surface area contributed by atoms with E-state index in [4.69, 9.17) is 11.6 Å². The maximum Gasteiger partial charge on any atom is 1.00 e. The van der Waals surface area contributed by atoms with E-state index >= 15 is 0 Å². The second kappa shape index (κ2) is 7.96. The van der Waals surface area contributed by atoms with Gasteiger partial charge in [-0.15, -0.1) is 17.5 Å². The predicted octanol–water partition coefficient (Wildman–Crippen LogP) is -0.601. The molecule has 0 aromatic heterocycles. The Kier molecular flexibility index (Phi) is 10.7. The zero-order valence-electron chi connectivity index (χ0n) is 6.21. The Bertz CT molecular complexity index is 148. The molecule has 0 heterocycles. The van der Waals surface area contributed by atoms with Gasteiger partial charge in [0.15, 0.2) is 0 Å². The number of alkyl halides is 1. The molecule has 0 unspecified atom stereocenters. The summed E-state index contributed by atoms with van der Waals surface area (Å²) in [6, 6.07) is 0. The van der Waals surface area contributed by atoms with Gasteiger partial charge in [0.25, 0.3) is 0 Å². The zero-order chi connectivity index (χ0) is 8.04. The standard InChI is InChI=1S/C5H6BClF3.K/c7-5-3-1-2-4-6(8,9)10;/h1,3,5H2;/q-1;+1. The average molecular weight is 208 g/mol. The van der Waals surface area contributed by atoms with Gasteiger partial charge in [-0.25, -0.2) is 5.82 Å². The molecule has 0 amide bonds. The van der Waals surface area contributed by atoms with E-state index in [1.165, 1.54) is 5.82 Å². The van der Waals surface area contributed by atoms with Crippen molar-refractivity contribution in [3.05, 3.63) is 0 Å². The van der Waals surface area contributed by atoms with Crippen LogP contribution in [0, 0.1) is 11.7 Å². The Labute approximate surface area is 112 Å². The second-order valence-electron chi connectivity index (χ2n) is 1.69. The summed E-state index contributed by atoms with van der Waals surface area (Å²) in [5, 5.41) is 0. The quantitative estimate of drug-likeness (QED) is 0.246. The van der Waals surface area contributed by atoms with Crippen LogP contribution >= 0.6 is 11.6 Å². The third-order valence-corrected chi connectivity index (χ3v) is 0.968. The third kappa shape index (κ3) is 14.2. The van der Waals surface area contributed by atoms with Crippen LogP contribution in [0.3, 0.4) is 0 Å². The van der Waals surface area contributed by atoms with E-state index in [0.29, 0.717) is 12.3 Å². The van der Waals surface area contributed by atoms with Gasteiger partial charge in [-0.3, -0.25) is 0 Å². The van der Waals surface area contributed by atoms with Crippen molar-refractivity contribution >= 4 is 18.6 Å². The molecular formula is C5H6BClF3K. The SMILES string of the molecule is F[B-](F)(F)C#CCCCCl.[K+]. The van der Waals surface area contributed by atoms with Gasteiger partial charge in [0.2, 0.25) is 0 Å². The summed E-state index contributed by atoms with van der Waals surface area (Å²) in [7, 11) is 0. The summed E-state index contributed by atoms with van der Waals surface area (Å²) < 4.78 is 34.0. The molecule has 0 saturated carbocycles. The summed E-state index contributed by atoms with van der Waals surface area (Å²) in [5.74, 6) is 3.57. The predicted molar refractivity (Wildman–Crippen MR) is 36.8 cm³/mol. The number of rotatable bonds is 2. The van der Waals surface area contributed by atoms with Crippen LogP contribution < -0.4 is 51.4 Å². The molecule has 6 heteroatoms. The van der Waals surface area contributed by atoms with Gasteiger partial charge < -0.3 is 12.9 Å². The third-order valence-electron chi connectivity index (χ3n) is 0.701. The van der Waals surface area contributed by atoms with Crippen LogP contribution in [0.1, 0.15) is 12.8 Å². The van der Waals surface area contributed by atoms with Crippen molar-refractivity contribution in [2.75, 3.05) is 5.88 Å². The molecule has 11 heavy (non-hydrogen) atoms. The van der Waals surface area contributed by atoms with Gasteiger partial charge in [-0.05, 0) is 6.42 Å². The normalized spacial score (nSPS) is 9.45. The molecule has 0 atom stereocenters. The van der Waals surface area contributed by atoms with Crippen molar-refractivity contribution in [2.45, 2.75) is 12.8 Å². The van der Waals surface area contributed by atoms with Gasteiger partial charge in [0, 0.05) is 12.3 Å². The monoisotopic (exact) mass is 208 g/mol. The largest absolute Gasteiger partial charge is 1.00 e. The molecule has 58 valence electrons. The van der Waals surface area contributed by atoms with E-state index in [1.54, 1.807) is 0 Å². The van der Waals surface area contributed by atoms with E-state index in [9.17, 15) is 12.9 Å². The first-order valence-electron chi connectivity index (χ1n) is 2.81. The molecule has 0 radical (unpaired) electrons. The molecule has 0 spiro atoms. The smallest absolute Gasteiger partial charge is 0.438 e. The molecule has 0 fully saturated rings. The van der Waals surface area contributed by atoms with Crippen molar-refractivity contribution in [1.29, 1.82) is 0 Å². The van der Waals surface area contributed by atoms with E-state index in [2.05, 4.69) is 0 Å². The Hall–Kier alpha value is 1.34. The Morgan fingerprint density at radius 1 is 1.27 bits per heavy atom. The van der Waals surface area contributed by atoms with Crippen molar-refractivity contribution in [2.24, 2.45) is 0 Å². The Balaban J connectivity index is 0. The van der Waals surface area contributed by atoms with Crippen molar-refractivity contribution in [3.8, 4) is 11.7 Å². The van der Waals surface area contributed by atoms with Crippen LogP contribution in [0.5, 0.6) is 0 Å². The summed E-state index contributed by atoms with van der Waals surface area (Å²) in [6.45, 7) is -4.92. The summed E-state index contributed by atoms with van der Waals surface area (Å²) in [5.41, 5.74) is 0. The minimum Gasteiger partial charge on any atom is -0.438 e. The number of halogens is 4. The van der Waals surface area contributed by atoms with Gasteiger partial charge >= 0.3 is 58.4 Å². The molecule has 0 aliphatic carbocycles. The second-order valence-corrected chi connectivity index (χ2v) is 2.07. The molecule has 0 nitrogen and oxygen atoms in total. The first-order valence-corrected chi connectivity index (χ1v) is 3.35. The van der Waals surface area contributed by atoms with Gasteiger partial charge in [-0.2, -0.15) is 0 Å². The maximum atomic E-state index is 11.3. The first-order chi connectivity index (χ1) is 4.56. The van der Waals surface area contributed by atoms with Gasteiger partial charge in [0.1, 0.15) is 0 Å². The molecule has 0 aliphatic rings. The van der Waals surface area contributed by atoms with Crippen LogP contribution in [-0.4, -0.2) is 12.9 Å². The molecule has 0 aromatic rings. The van der Waals surface area contributed by atoms with Crippen LogP contribution in [0.25, 0.3) is 0 Å². The molecule has 0 N–H and O–H groups in total.